The van der Waals surface area contributed by atoms with Gasteiger partial charge < -0.3 is 18.9 Å². The Hall–Kier alpha value is -4.53. The van der Waals surface area contributed by atoms with Crippen LogP contribution in [-0.4, -0.2) is 29.7 Å². The van der Waals surface area contributed by atoms with Gasteiger partial charge in [-0.3, -0.25) is 24.0 Å². The quantitative estimate of drug-likeness (QED) is 0.326. The second-order valence-electron chi connectivity index (χ2n) is 6.98. The van der Waals surface area contributed by atoms with Crippen molar-refractivity contribution in [3.8, 4) is 23.0 Å². The Morgan fingerprint density at radius 1 is 0.529 bits per heavy atom. The summed E-state index contributed by atoms with van der Waals surface area (Å²) >= 11 is 0. The lowest BCUT2D eigenvalue weighted by molar-refractivity contribution is -0.134. The SMILES string of the molecule is C=C(C(=O)C(=C)c1ccc(OC(C)=O)c(OC(C)=O)c1)c1ccc(OC(C)=O)c(OC(C)=O)c1. The second-order valence-corrected chi connectivity index (χ2v) is 6.98. The average Bonchev–Trinajstić information content (AvgIpc) is 2.73. The molecule has 0 saturated carbocycles. The van der Waals surface area contributed by atoms with Gasteiger partial charge in [-0.05, 0) is 35.4 Å². The van der Waals surface area contributed by atoms with Crippen LogP contribution >= 0.6 is 0 Å². The molecule has 0 aliphatic heterocycles. The van der Waals surface area contributed by atoms with Crippen molar-refractivity contribution >= 4 is 40.8 Å². The molecule has 0 atom stereocenters. The number of carbonyl (C=O) groups excluding carboxylic acids is 5. The molecule has 0 radical (unpaired) electrons. The zero-order chi connectivity index (χ0) is 25.6. The summed E-state index contributed by atoms with van der Waals surface area (Å²) in [5.41, 5.74) is 0.585. The molecule has 2 aromatic carbocycles. The number of ketones is 1. The van der Waals surface area contributed by atoms with Crippen LogP contribution in [0, 0.1) is 0 Å². The van der Waals surface area contributed by atoms with Gasteiger partial charge in [0.05, 0.1) is 0 Å². The third-order valence-electron chi connectivity index (χ3n) is 4.15. The molecular weight excluding hydrogens is 444 g/mol. The molecule has 34 heavy (non-hydrogen) atoms. The van der Waals surface area contributed by atoms with Gasteiger partial charge in [0.2, 0.25) is 0 Å². The maximum Gasteiger partial charge on any atom is 0.308 e. The van der Waals surface area contributed by atoms with E-state index in [0.717, 1.165) is 0 Å². The van der Waals surface area contributed by atoms with Crippen molar-refractivity contribution in [2.24, 2.45) is 0 Å². The largest absolute Gasteiger partial charge is 0.423 e. The third-order valence-corrected chi connectivity index (χ3v) is 4.15. The van der Waals surface area contributed by atoms with E-state index in [1.807, 2.05) is 0 Å². The first-order valence-corrected chi connectivity index (χ1v) is 9.84. The number of carbonyl (C=O) groups is 5. The molecule has 0 N–H and O–H groups in total. The minimum absolute atomic E-state index is 0.00221. The van der Waals surface area contributed by atoms with Gasteiger partial charge in [0, 0.05) is 38.8 Å². The predicted molar refractivity (Wildman–Crippen MR) is 121 cm³/mol. The summed E-state index contributed by atoms with van der Waals surface area (Å²) in [7, 11) is 0. The minimum Gasteiger partial charge on any atom is -0.423 e. The van der Waals surface area contributed by atoms with Gasteiger partial charge in [-0.15, -0.1) is 0 Å². The highest BCUT2D eigenvalue weighted by Gasteiger charge is 2.20. The fourth-order valence-corrected chi connectivity index (χ4v) is 2.78. The van der Waals surface area contributed by atoms with Gasteiger partial charge in [-0.25, -0.2) is 0 Å². The molecule has 0 aliphatic carbocycles. The molecule has 2 aromatic rings. The predicted octanol–water partition coefficient (Wildman–Crippen LogP) is 3.68. The van der Waals surface area contributed by atoms with Gasteiger partial charge in [0.25, 0.3) is 0 Å². The Kier molecular flexibility index (Phi) is 8.22. The number of ether oxygens (including phenoxy) is 4. The van der Waals surface area contributed by atoms with E-state index < -0.39 is 29.7 Å². The Bertz CT molecular complexity index is 1130. The molecular formula is C25H22O9. The fraction of sp³-hybridized carbons (Fsp3) is 0.160. The van der Waals surface area contributed by atoms with Crippen LogP contribution in [-0.2, 0) is 24.0 Å². The molecule has 0 unspecified atom stereocenters. The van der Waals surface area contributed by atoms with Crippen molar-refractivity contribution in [3.05, 3.63) is 60.7 Å². The lowest BCUT2D eigenvalue weighted by Gasteiger charge is -2.14. The van der Waals surface area contributed by atoms with Gasteiger partial charge in [-0.1, -0.05) is 25.3 Å². The van der Waals surface area contributed by atoms with E-state index in [1.165, 1.54) is 64.1 Å². The van der Waals surface area contributed by atoms with Gasteiger partial charge >= 0.3 is 23.9 Å². The van der Waals surface area contributed by atoms with E-state index in [0.29, 0.717) is 0 Å². The number of benzene rings is 2. The lowest BCUT2D eigenvalue weighted by atomic mass is 9.94. The van der Waals surface area contributed by atoms with Crippen LogP contribution in [0.4, 0.5) is 0 Å². The summed E-state index contributed by atoms with van der Waals surface area (Å²) in [6.45, 7) is 12.3. The van der Waals surface area contributed by atoms with Gasteiger partial charge in [0.15, 0.2) is 28.8 Å². The molecule has 0 fully saturated rings. The Morgan fingerprint density at radius 3 is 1.12 bits per heavy atom. The first kappa shape index (κ1) is 25.7. The van der Waals surface area contributed by atoms with Crippen molar-refractivity contribution in [2.75, 3.05) is 0 Å². The molecule has 9 heteroatoms. The number of hydrogen-bond acceptors (Lipinski definition) is 9. The highest BCUT2D eigenvalue weighted by atomic mass is 16.6. The lowest BCUT2D eigenvalue weighted by Crippen LogP contribution is -2.09. The summed E-state index contributed by atoms with van der Waals surface area (Å²) in [4.78, 5) is 58.5. The van der Waals surface area contributed by atoms with E-state index in [1.54, 1.807) is 0 Å². The van der Waals surface area contributed by atoms with E-state index in [4.69, 9.17) is 18.9 Å². The molecule has 9 nitrogen and oxygen atoms in total. The maximum atomic E-state index is 13.1. The number of Topliss-reactive ketones (excluding diaryl/α,β-unsaturated/α-hetero) is 1. The Balaban J connectivity index is 2.38. The van der Waals surface area contributed by atoms with Crippen LogP contribution < -0.4 is 18.9 Å². The van der Waals surface area contributed by atoms with E-state index in [-0.39, 0.29) is 45.3 Å². The van der Waals surface area contributed by atoms with Crippen LogP contribution in [0.3, 0.4) is 0 Å². The van der Waals surface area contributed by atoms with Gasteiger partial charge in [0.1, 0.15) is 0 Å². The minimum atomic E-state index is -0.655. The summed E-state index contributed by atoms with van der Waals surface area (Å²) in [5.74, 6) is -3.26. The molecule has 0 aliphatic rings. The number of rotatable bonds is 8. The third kappa shape index (κ3) is 6.73. The molecule has 0 aromatic heterocycles. The van der Waals surface area contributed by atoms with E-state index in [9.17, 15) is 24.0 Å². The summed E-state index contributed by atoms with van der Waals surface area (Å²) in [6.07, 6.45) is 0. The number of esters is 4. The zero-order valence-electron chi connectivity index (χ0n) is 19.1. The van der Waals surface area contributed by atoms with Crippen molar-refractivity contribution in [1.82, 2.24) is 0 Å². The topological polar surface area (TPSA) is 122 Å². The number of allylic oxidation sites excluding steroid dienone is 2. The maximum absolute atomic E-state index is 13.1. The fourth-order valence-electron chi connectivity index (χ4n) is 2.78. The smallest absolute Gasteiger partial charge is 0.308 e. The molecule has 2 rings (SSSR count). The monoisotopic (exact) mass is 466 g/mol. The zero-order valence-corrected chi connectivity index (χ0v) is 19.1. The normalized spacial score (nSPS) is 10.0. The average molecular weight is 466 g/mol. The van der Waals surface area contributed by atoms with Crippen molar-refractivity contribution < 1.29 is 42.9 Å². The summed E-state index contributed by atoms with van der Waals surface area (Å²) in [6, 6.07) is 8.33. The Labute approximate surface area is 195 Å². The highest BCUT2D eigenvalue weighted by Crippen LogP contribution is 2.35. The van der Waals surface area contributed by atoms with Crippen LogP contribution in [0.1, 0.15) is 38.8 Å². The molecule has 0 amide bonds. The first-order chi connectivity index (χ1) is 15.9. The molecule has 176 valence electrons. The summed E-state index contributed by atoms with van der Waals surface area (Å²) in [5, 5.41) is 0. The molecule has 0 spiro atoms. The molecule has 0 bridgehead atoms. The molecule has 0 heterocycles. The van der Waals surface area contributed by atoms with Crippen LogP contribution in [0.15, 0.2) is 49.6 Å². The second kappa shape index (κ2) is 10.9. The highest BCUT2D eigenvalue weighted by molar-refractivity contribution is 6.41. The van der Waals surface area contributed by atoms with Crippen LogP contribution in [0.2, 0.25) is 0 Å². The van der Waals surface area contributed by atoms with Crippen molar-refractivity contribution in [3.63, 3.8) is 0 Å². The molecule has 0 saturated heterocycles. The van der Waals surface area contributed by atoms with Crippen molar-refractivity contribution in [1.29, 1.82) is 0 Å². The van der Waals surface area contributed by atoms with E-state index in [2.05, 4.69) is 13.2 Å². The van der Waals surface area contributed by atoms with Crippen molar-refractivity contribution in [2.45, 2.75) is 27.7 Å². The summed E-state index contributed by atoms with van der Waals surface area (Å²) < 4.78 is 20.2. The standard InChI is InChI=1S/C25H22O9/c1-13(19-7-9-21(31-15(3)26)23(11-19)33-17(5)28)25(30)14(2)20-8-10-22(32-16(4)27)24(12-20)34-18(6)29/h7-12H,1-2H2,3-6H3. The number of hydrogen-bond donors (Lipinski definition) is 0. The van der Waals surface area contributed by atoms with Crippen LogP contribution in [0.25, 0.3) is 11.1 Å². The first-order valence-electron chi connectivity index (χ1n) is 9.84. The van der Waals surface area contributed by atoms with Gasteiger partial charge in [-0.2, -0.15) is 0 Å². The Morgan fingerprint density at radius 2 is 0.824 bits per heavy atom. The van der Waals surface area contributed by atoms with Crippen LogP contribution in [0.5, 0.6) is 23.0 Å². The van der Waals surface area contributed by atoms with E-state index >= 15 is 0 Å².